The maximum Gasteiger partial charge on any atom is 0.288 e. The van der Waals surface area contributed by atoms with Crippen LogP contribution in [-0.2, 0) is 0 Å². The number of anilines is 1. The number of nitrogens with one attached hydrogen (secondary N) is 2. The first-order valence-corrected chi connectivity index (χ1v) is 8.01. The van der Waals surface area contributed by atoms with Gasteiger partial charge in [0.25, 0.3) is 5.91 Å². The topological polar surface area (TPSA) is 71.3 Å². The van der Waals surface area contributed by atoms with Crippen LogP contribution in [0.5, 0.6) is 0 Å². The number of Topliss-reactive ketones (excluding diaryl/α,β-unsaturated/α-hetero) is 1. The minimum Gasteiger partial charge on any atom is -0.459 e. The minimum absolute atomic E-state index is 0.0574. The molecule has 2 aromatic carbocycles. The monoisotopic (exact) mass is 352 g/mol. The van der Waals surface area contributed by atoms with Crippen molar-refractivity contribution in [1.29, 1.82) is 0 Å². The van der Waals surface area contributed by atoms with E-state index in [0.29, 0.717) is 5.56 Å². The van der Waals surface area contributed by atoms with Crippen molar-refractivity contribution in [1.82, 2.24) is 5.32 Å². The first-order valence-electron chi connectivity index (χ1n) is 8.01. The van der Waals surface area contributed by atoms with Gasteiger partial charge in [-0.3, -0.25) is 9.59 Å². The van der Waals surface area contributed by atoms with E-state index in [0.717, 1.165) is 5.56 Å². The molecule has 132 valence electrons. The number of carbonyl (C=O) groups is 2. The summed E-state index contributed by atoms with van der Waals surface area (Å²) in [5.41, 5.74) is 1.50. The molecule has 0 saturated carbocycles. The van der Waals surface area contributed by atoms with Gasteiger partial charge in [0.2, 0.25) is 5.78 Å². The van der Waals surface area contributed by atoms with Crippen LogP contribution >= 0.6 is 0 Å². The molecule has 1 aromatic heterocycles. The highest BCUT2D eigenvalue weighted by Gasteiger charge is 2.24. The summed E-state index contributed by atoms with van der Waals surface area (Å²) in [6.07, 6.45) is 0.197. The molecule has 1 unspecified atom stereocenters. The Morgan fingerprint density at radius 2 is 1.73 bits per heavy atom. The third-order valence-corrected chi connectivity index (χ3v) is 3.79. The van der Waals surface area contributed by atoms with Crippen molar-refractivity contribution in [3.63, 3.8) is 0 Å². The zero-order valence-electron chi connectivity index (χ0n) is 14.0. The summed E-state index contributed by atoms with van der Waals surface area (Å²) < 4.78 is 19.0. The lowest BCUT2D eigenvalue weighted by molar-refractivity contribution is 0.0852. The van der Waals surface area contributed by atoms with Gasteiger partial charge in [0.1, 0.15) is 5.82 Å². The zero-order chi connectivity index (χ0) is 18.5. The Balaban J connectivity index is 1.87. The predicted octanol–water partition coefficient (Wildman–Crippen LogP) is 3.78. The molecule has 1 amide bonds. The molecule has 5 nitrogen and oxygen atoms in total. The second kappa shape index (κ2) is 7.65. The second-order valence-electron chi connectivity index (χ2n) is 5.74. The number of para-hydroxylation sites is 1. The summed E-state index contributed by atoms with van der Waals surface area (Å²) in [6, 6.07) is 15.9. The molecule has 0 radical (unpaired) electrons. The van der Waals surface area contributed by atoms with Crippen molar-refractivity contribution < 1.29 is 18.4 Å². The quantitative estimate of drug-likeness (QED) is 0.523. The third-order valence-electron chi connectivity index (χ3n) is 3.79. The molecule has 0 aliphatic carbocycles. The van der Waals surface area contributed by atoms with Crippen LogP contribution in [0, 0.1) is 12.7 Å². The number of carbonyl (C=O) groups excluding carboxylic acids is 2. The van der Waals surface area contributed by atoms with Gasteiger partial charge in [-0.05, 0) is 31.2 Å². The van der Waals surface area contributed by atoms with Crippen LogP contribution in [0.1, 0.15) is 26.5 Å². The largest absolute Gasteiger partial charge is 0.459 e. The Bertz CT molecular complexity index is 905. The summed E-state index contributed by atoms with van der Waals surface area (Å²) in [5.74, 6) is -1.44. The summed E-state index contributed by atoms with van der Waals surface area (Å²) >= 11 is 0. The van der Waals surface area contributed by atoms with E-state index in [1.807, 2.05) is 6.92 Å². The van der Waals surface area contributed by atoms with Gasteiger partial charge in [0, 0.05) is 5.56 Å². The van der Waals surface area contributed by atoms with E-state index in [2.05, 4.69) is 10.6 Å². The molecule has 0 fully saturated rings. The molecular formula is C20H17FN2O3. The van der Waals surface area contributed by atoms with Crippen molar-refractivity contribution in [2.24, 2.45) is 0 Å². The first kappa shape index (κ1) is 17.4. The highest BCUT2D eigenvalue weighted by molar-refractivity contribution is 6.04. The molecule has 6 heteroatoms. The van der Waals surface area contributed by atoms with Crippen molar-refractivity contribution >= 4 is 17.4 Å². The lowest BCUT2D eigenvalue weighted by Gasteiger charge is -2.20. The van der Waals surface area contributed by atoms with E-state index in [9.17, 15) is 14.0 Å². The van der Waals surface area contributed by atoms with Gasteiger partial charge in [0.15, 0.2) is 11.9 Å². The average molecular weight is 352 g/mol. The Morgan fingerprint density at radius 3 is 2.38 bits per heavy atom. The number of hydrogen-bond donors (Lipinski definition) is 2. The Kier molecular flexibility index (Phi) is 5.12. The Labute approximate surface area is 149 Å². The summed E-state index contributed by atoms with van der Waals surface area (Å²) in [6.45, 7) is 1.90. The second-order valence-corrected chi connectivity index (χ2v) is 5.74. The molecule has 0 spiro atoms. The van der Waals surface area contributed by atoms with Crippen molar-refractivity contribution in [3.8, 4) is 0 Å². The molecule has 0 aliphatic rings. The van der Waals surface area contributed by atoms with E-state index in [1.165, 1.54) is 24.5 Å². The van der Waals surface area contributed by atoms with Crippen molar-refractivity contribution in [3.05, 3.63) is 89.6 Å². The predicted molar refractivity (Wildman–Crippen MR) is 95.5 cm³/mol. The summed E-state index contributed by atoms with van der Waals surface area (Å²) in [4.78, 5) is 25.1. The van der Waals surface area contributed by atoms with Gasteiger partial charge in [-0.25, -0.2) is 4.39 Å². The minimum atomic E-state index is -1.16. The number of hydrogen-bond acceptors (Lipinski definition) is 4. The fourth-order valence-corrected chi connectivity index (χ4v) is 2.40. The average Bonchev–Trinajstić information content (AvgIpc) is 3.18. The maximum absolute atomic E-state index is 14.0. The van der Waals surface area contributed by atoms with Crippen LogP contribution in [0.2, 0.25) is 0 Å². The highest BCUT2D eigenvalue weighted by atomic mass is 19.1. The SMILES string of the molecule is Cc1ccc(C(=O)C(NC(=O)c2ccco2)Nc2ccccc2F)cc1. The van der Waals surface area contributed by atoms with Gasteiger partial charge >= 0.3 is 0 Å². The molecule has 3 rings (SSSR count). The molecule has 26 heavy (non-hydrogen) atoms. The Morgan fingerprint density at radius 1 is 1.00 bits per heavy atom. The Hall–Kier alpha value is -3.41. The van der Waals surface area contributed by atoms with Gasteiger partial charge in [-0.1, -0.05) is 42.0 Å². The molecule has 0 aliphatic heterocycles. The molecule has 1 atom stereocenters. The molecule has 2 N–H and O–H groups in total. The van der Waals surface area contributed by atoms with E-state index in [1.54, 1.807) is 42.5 Å². The lowest BCUT2D eigenvalue weighted by atomic mass is 10.1. The number of amides is 1. The van der Waals surface area contributed by atoms with E-state index >= 15 is 0 Å². The molecule has 0 bridgehead atoms. The third kappa shape index (κ3) is 3.97. The summed E-state index contributed by atoms with van der Waals surface area (Å²) in [7, 11) is 0. The zero-order valence-corrected chi connectivity index (χ0v) is 14.0. The number of aryl methyl sites for hydroxylation is 1. The maximum atomic E-state index is 14.0. The van der Waals surface area contributed by atoms with Crippen LogP contribution in [0.4, 0.5) is 10.1 Å². The number of benzene rings is 2. The highest BCUT2D eigenvalue weighted by Crippen LogP contribution is 2.16. The van der Waals surface area contributed by atoms with Crippen LogP contribution in [-0.4, -0.2) is 17.9 Å². The van der Waals surface area contributed by atoms with Crippen molar-refractivity contribution in [2.75, 3.05) is 5.32 Å². The number of rotatable bonds is 6. The van der Waals surface area contributed by atoms with E-state index in [-0.39, 0.29) is 11.4 Å². The number of furan rings is 1. The van der Waals surface area contributed by atoms with Gasteiger partial charge in [-0.15, -0.1) is 0 Å². The smallest absolute Gasteiger partial charge is 0.288 e. The van der Waals surface area contributed by atoms with Gasteiger partial charge < -0.3 is 15.1 Å². The summed E-state index contributed by atoms with van der Waals surface area (Å²) in [5, 5.41) is 5.30. The van der Waals surface area contributed by atoms with Crippen LogP contribution in [0.15, 0.2) is 71.3 Å². The normalized spacial score (nSPS) is 11.6. The fraction of sp³-hybridized carbons (Fsp3) is 0.100. The van der Waals surface area contributed by atoms with Gasteiger partial charge in [0.05, 0.1) is 12.0 Å². The first-order chi connectivity index (χ1) is 12.5. The standard InChI is InChI=1S/C20H17FN2O3/c1-13-8-10-14(11-9-13)18(24)19(22-16-6-3-2-5-15(16)21)23-20(25)17-7-4-12-26-17/h2-12,19,22H,1H3,(H,23,25). The van der Waals surface area contributed by atoms with E-state index in [4.69, 9.17) is 4.42 Å². The number of ketones is 1. The number of halogens is 1. The van der Waals surface area contributed by atoms with Crippen LogP contribution < -0.4 is 10.6 Å². The molecule has 3 aromatic rings. The van der Waals surface area contributed by atoms with E-state index < -0.39 is 23.7 Å². The van der Waals surface area contributed by atoms with Crippen molar-refractivity contribution in [2.45, 2.75) is 13.1 Å². The molecule has 0 saturated heterocycles. The lowest BCUT2D eigenvalue weighted by Crippen LogP contribution is -2.46. The molecule has 1 heterocycles. The van der Waals surface area contributed by atoms with Gasteiger partial charge in [-0.2, -0.15) is 0 Å². The fourth-order valence-electron chi connectivity index (χ4n) is 2.40. The molecular weight excluding hydrogens is 335 g/mol. The van der Waals surface area contributed by atoms with Crippen LogP contribution in [0.25, 0.3) is 0 Å². The van der Waals surface area contributed by atoms with Crippen LogP contribution in [0.3, 0.4) is 0 Å².